The second kappa shape index (κ2) is 9.73. The third kappa shape index (κ3) is 4.87. The molecule has 5 aromatic rings. The molecule has 1 amide bonds. The van der Waals surface area contributed by atoms with E-state index in [9.17, 15) is 4.79 Å². The third-order valence-electron chi connectivity index (χ3n) is 5.74. The van der Waals surface area contributed by atoms with Gasteiger partial charge in [0.05, 0.1) is 26.2 Å². The largest absolute Gasteiger partial charge is 0.493 e. The van der Waals surface area contributed by atoms with Crippen LogP contribution in [0.25, 0.3) is 21.7 Å². The fourth-order valence-corrected chi connectivity index (χ4v) is 4.02. The Morgan fingerprint density at radius 3 is 2.37 bits per heavy atom. The Labute approximate surface area is 203 Å². The predicted octanol–water partition coefficient (Wildman–Crippen LogP) is 6.38. The van der Waals surface area contributed by atoms with E-state index in [0.717, 1.165) is 32.9 Å². The van der Waals surface area contributed by atoms with E-state index in [2.05, 4.69) is 10.3 Å². The van der Waals surface area contributed by atoms with Gasteiger partial charge < -0.3 is 19.5 Å². The molecule has 0 aliphatic heterocycles. The van der Waals surface area contributed by atoms with Gasteiger partial charge in [0.2, 0.25) is 5.91 Å². The molecule has 0 spiro atoms. The molecule has 4 aromatic carbocycles. The zero-order valence-electron chi connectivity index (χ0n) is 19.4. The molecular formula is C29H24N2O4. The van der Waals surface area contributed by atoms with Gasteiger partial charge in [-0.05, 0) is 52.7 Å². The lowest BCUT2D eigenvalue weighted by Crippen LogP contribution is -2.14. The van der Waals surface area contributed by atoms with Crippen LogP contribution in [0.4, 0.5) is 5.69 Å². The summed E-state index contributed by atoms with van der Waals surface area (Å²) in [6, 6.07) is 26.9. The second-order valence-electron chi connectivity index (χ2n) is 8.07. The summed E-state index contributed by atoms with van der Waals surface area (Å²) in [5, 5.41) is 5.80. The van der Waals surface area contributed by atoms with E-state index >= 15 is 0 Å². The van der Waals surface area contributed by atoms with Crippen molar-refractivity contribution < 1.29 is 19.0 Å². The topological polar surface area (TPSA) is 69.7 Å². The highest BCUT2D eigenvalue weighted by atomic mass is 16.5. The van der Waals surface area contributed by atoms with Crippen molar-refractivity contribution in [3.8, 4) is 23.0 Å². The molecule has 0 aliphatic rings. The average molecular weight is 465 g/mol. The smallest absolute Gasteiger partial charge is 0.228 e. The minimum Gasteiger partial charge on any atom is -0.493 e. The normalized spacial score (nSPS) is 10.8. The average Bonchev–Trinajstić information content (AvgIpc) is 2.88. The summed E-state index contributed by atoms with van der Waals surface area (Å²) in [7, 11) is 3.19. The number of aromatic nitrogens is 1. The first kappa shape index (κ1) is 22.2. The number of hydrogen-bond acceptors (Lipinski definition) is 5. The zero-order valence-corrected chi connectivity index (χ0v) is 19.4. The second-order valence-corrected chi connectivity index (χ2v) is 8.07. The van der Waals surface area contributed by atoms with Crippen molar-refractivity contribution in [2.75, 3.05) is 19.5 Å². The van der Waals surface area contributed by atoms with Crippen molar-refractivity contribution in [1.82, 2.24) is 4.98 Å². The minimum atomic E-state index is -0.0596. The van der Waals surface area contributed by atoms with Crippen LogP contribution in [0, 0.1) is 0 Å². The molecular weight excluding hydrogens is 440 g/mol. The van der Waals surface area contributed by atoms with E-state index in [1.165, 1.54) is 0 Å². The summed E-state index contributed by atoms with van der Waals surface area (Å²) in [5.74, 6) is 2.48. The van der Waals surface area contributed by atoms with Gasteiger partial charge in [0, 0.05) is 23.3 Å². The van der Waals surface area contributed by atoms with Crippen LogP contribution in [-0.4, -0.2) is 25.1 Å². The maximum atomic E-state index is 12.5. The molecule has 0 saturated heterocycles. The van der Waals surface area contributed by atoms with Crippen molar-refractivity contribution in [2.45, 2.75) is 6.42 Å². The van der Waals surface area contributed by atoms with E-state index < -0.39 is 0 Å². The SMILES string of the molecule is COc1cc2nccc(Oc3ccc4ccc(NC(=O)Cc5ccccc5)cc4c3)c2cc1OC. The lowest BCUT2D eigenvalue weighted by atomic mass is 10.1. The van der Waals surface area contributed by atoms with Gasteiger partial charge in [-0.2, -0.15) is 0 Å². The van der Waals surface area contributed by atoms with Gasteiger partial charge in [-0.3, -0.25) is 9.78 Å². The summed E-state index contributed by atoms with van der Waals surface area (Å²) in [6.07, 6.45) is 2.02. The van der Waals surface area contributed by atoms with E-state index in [0.29, 0.717) is 29.4 Å². The standard InChI is InChI=1S/C29H24N2O4/c1-33-27-17-24-25(18-28(27)34-2)30-13-12-26(24)35-23-11-9-20-8-10-22(15-21(20)16-23)31-29(32)14-19-6-4-3-5-7-19/h3-13,15-18H,14H2,1-2H3,(H,31,32). The molecule has 0 unspecified atom stereocenters. The maximum Gasteiger partial charge on any atom is 0.228 e. The summed E-state index contributed by atoms with van der Waals surface area (Å²) >= 11 is 0. The van der Waals surface area contributed by atoms with Crippen LogP contribution in [0.3, 0.4) is 0 Å². The number of benzene rings is 4. The number of rotatable bonds is 7. The van der Waals surface area contributed by atoms with Crippen LogP contribution in [0.5, 0.6) is 23.0 Å². The summed E-state index contributed by atoms with van der Waals surface area (Å²) in [4.78, 5) is 16.9. The van der Waals surface area contributed by atoms with Crippen LogP contribution in [0.15, 0.2) is 91.1 Å². The van der Waals surface area contributed by atoms with E-state index in [-0.39, 0.29) is 5.91 Å². The summed E-state index contributed by atoms with van der Waals surface area (Å²) < 4.78 is 17.1. The molecule has 6 nitrogen and oxygen atoms in total. The van der Waals surface area contributed by atoms with Crippen molar-refractivity contribution in [3.63, 3.8) is 0 Å². The number of carbonyl (C=O) groups excluding carboxylic acids is 1. The van der Waals surface area contributed by atoms with Crippen molar-refractivity contribution in [1.29, 1.82) is 0 Å². The van der Waals surface area contributed by atoms with Gasteiger partial charge in [-0.15, -0.1) is 0 Å². The molecule has 0 atom stereocenters. The molecule has 5 rings (SSSR count). The Hall–Kier alpha value is -4.58. The molecule has 0 aliphatic carbocycles. The van der Waals surface area contributed by atoms with Crippen LogP contribution >= 0.6 is 0 Å². The van der Waals surface area contributed by atoms with Crippen molar-refractivity contribution in [3.05, 3.63) is 96.7 Å². The zero-order chi connectivity index (χ0) is 24.2. The molecule has 6 heteroatoms. The van der Waals surface area contributed by atoms with Crippen LogP contribution < -0.4 is 19.5 Å². The molecule has 0 radical (unpaired) electrons. The van der Waals surface area contributed by atoms with Crippen LogP contribution in [0.2, 0.25) is 0 Å². The van der Waals surface area contributed by atoms with Crippen LogP contribution in [0.1, 0.15) is 5.56 Å². The number of fused-ring (bicyclic) bond motifs is 2. The molecule has 174 valence electrons. The van der Waals surface area contributed by atoms with Gasteiger partial charge in [0.25, 0.3) is 0 Å². The van der Waals surface area contributed by atoms with Crippen molar-refractivity contribution in [2.24, 2.45) is 0 Å². The quantitative estimate of drug-likeness (QED) is 0.303. The molecule has 1 N–H and O–H groups in total. The van der Waals surface area contributed by atoms with Gasteiger partial charge in [-0.1, -0.05) is 42.5 Å². The maximum absolute atomic E-state index is 12.5. The van der Waals surface area contributed by atoms with E-state index in [1.54, 1.807) is 20.4 Å². The number of pyridine rings is 1. The fourth-order valence-electron chi connectivity index (χ4n) is 4.02. The van der Waals surface area contributed by atoms with E-state index in [1.807, 2.05) is 84.9 Å². The molecule has 0 bridgehead atoms. The highest BCUT2D eigenvalue weighted by Gasteiger charge is 2.12. The highest BCUT2D eigenvalue weighted by molar-refractivity contribution is 5.96. The number of amides is 1. The Bertz CT molecular complexity index is 1520. The Kier molecular flexibility index (Phi) is 6.18. The number of carbonyl (C=O) groups is 1. The summed E-state index contributed by atoms with van der Waals surface area (Å²) in [6.45, 7) is 0. The first-order valence-corrected chi connectivity index (χ1v) is 11.2. The highest BCUT2D eigenvalue weighted by Crippen LogP contribution is 2.37. The Morgan fingerprint density at radius 1 is 0.800 bits per heavy atom. The lowest BCUT2D eigenvalue weighted by molar-refractivity contribution is -0.115. The number of ether oxygens (including phenoxy) is 3. The summed E-state index contributed by atoms with van der Waals surface area (Å²) in [5.41, 5.74) is 2.45. The Balaban J connectivity index is 1.40. The Morgan fingerprint density at radius 2 is 1.57 bits per heavy atom. The number of hydrogen-bond donors (Lipinski definition) is 1. The molecule has 0 saturated carbocycles. The van der Waals surface area contributed by atoms with Gasteiger partial charge >= 0.3 is 0 Å². The predicted molar refractivity (Wildman–Crippen MR) is 138 cm³/mol. The van der Waals surface area contributed by atoms with Gasteiger partial charge in [0.15, 0.2) is 11.5 Å². The number of nitrogens with zero attached hydrogens (tertiary/aromatic N) is 1. The minimum absolute atomic E-state index is 0.0596. The number of methoxy groups -OCH3 is 2. The lowest BCUT2D eigenvalue weighted by Gasteiger charge is -2.13. The molecule has 35 heavy (non-hydrogen) atoms. The number of nitrogens with one attached hydrogen (secondary N) is 1. The molecule has 1 heterocycles. The van der Waals surface area contributed by atoms with Gasteiger partial charge in [0.1, 0.15) is 11.5 Å². The van der Waals surface area contributed by atoms with Crippen LogP contribution in [-0.2, 0) is 11.2 Å². The third-order valence-corrected chi connectivity index (χ3v) is 5.74. The monoisotopic (exact) mass is 464 g/mol. The first-order valence-electron chi connectivity index (χ1n) is 11.2. The number of anilines is 1. The molecule has 1 aromatic heterocycles. The molecule has 0 fully saturated rings. The first-order chi connectivity index (χ1) is 17.1. The van der Waals surface area contributed by atoms with Gasteiger partial charge in [-0.25, -0.2) is 0 Å². The van der Waals surface area contributed by atoms with E-state index in [4.69, 9.17) is 14.2 Å². The fraction of sp³-hybridized carbons (Fsp3) is 0.103. The van der Waals surface area contributed by atoms with Crippen molar-refractivity contribution >= 4 is 33.3 Å².